The number of aromatic nitrogens is 3. The van der Waals surface area contributed by atoms with E-state index < -0.39 is 0 Å². The van der Waals surface area contributed by atoms with Crippen LogP contribution in [-0.4, -0.2) is 32.1 Å². The molecule has 0 spiro atoms. The van der Waals surface area contributed by atoms with E-state index in [9.17, 15) is 4.79 Å². The van der Waals surface area contributed by atoms with Gasteiger partial charge in [-0.1, -0.05) is 0 Å². The highest BCUT2D eigenvalue weighted by Crippen LogP contribution is 2.24. The molecule has 1 aliphatic heterocycles. The quantitative estimate of drug-likeness (QED) is 0.734. The molecule has 3 aromatic rings. The van der Waals surface area contributed by atoms with E-state index in [-0.39, 0.29) is 12.3 Å². The standard InChI is InChI=1S/C17H18N4O2S/c1-11-8-18-21-5-4-20(9-15(11)21)16(22)7-14-12(2)23-17(19-14)13-3-6-24-10-13/h3,6,8,10H,4-5,7,9H2,1-2H3. The molecule has 7 heteroatoms. The molecular formula is C17H18N4O2S. The van der Waals surface area contributed by atoms with Crippen LogP contribution >= 0.6 is 11.3 Å². The van der Waals surface area contributed by atoms with Gasteiger partial charge < -0.3 is 9.32 Å². The van der Waals surface area contributed by atoms with Crippen LogP contribution in [0, 0.1) is 13.8 Å². The van der Waals surface area contributed by atoms with Gasteiger partial charge in [0.25, 0.3) is 0 Å². The second-order valence-electron chi connectivity index (χ2n) is 6.02. The molecule has 0 radical (unpaired) electrons. The van der Waals surface area contributed by atoms with Gasteiger partial charge in [-0.3, -0.25) is 9.48 Å². The Balaban J connectivity index is 1.50. The van der Waals surface area contributed by atoms with E-state index in [1.807, 2.05) is 46.5 Å². The number of nitrogens with zero attached hydrogens (tertiary/aromatic N) is 4. The van der Waals surface area contributed by atoms with E-state index in [1.54, 1.807) is 11.3 Å². The number of hydrogen-bond acceptors (Lipinski definition) is 5. The maximum Gasteiger partial charge on any atom is 0.229 e. The smallest absolute Gasteiger partial charge is 0.229 e. The van der Waals surface area contributed by atoms with Gasteiger partial charge in [0.15, 0.2) is 0 Å². The lowest BCUT2D eigenvalue weighted by atomic mass is 10.2. The molecule has 0 N–H and O–H groups in total. The fourth-order valence-electron chi connectivity index (χ4n) is 2.95. The molecule has 0 saturated heterocycles. The van der Waals surface area contributed by atoms with Crippen molar-refractivity contribution in [1.29, 1.82) is 0 Å². The third-order valence-corrected chi connectivity index (χ3v) is 5.10. The lowest BCUT2D eigenvalue weighted by Crippen LogP contribution is -2.39. The Morgan fingerprint density at radius 3 is 3.04 bits per heavy atom. The molecule has 0 atom stereocenters. The topological polar surface area (TPSA) is 64.2 Å². The Labute approximate surface area is 143 Å². The number of oxazole rings is 1. The fraction of sp³-hybridized carbons (Fsp3) is 0.353. The first-order valence-corrected chi connectivity index (χ1v) is 8.84. The Morgan fingerprint density at radius 2 is 2.25 bits per heavy atom. The Bertz CT molecular complexity index is 879. The zero-order valence-electron chi connectivity index (χ0n) is 13.7. The molecule has 1 amide bonds. The highest BCUT2D eigenvalue weighted by molar-refractivity contribution is 7.08. The van der Waals surface area contributed by atoms with Gasteiger partial charge in [-0.2, -0.15) is 16.4 Å². The first-order valence-electron chi connectivity index (χ1n) is 7.90. The number of fused-ring (bicyclic) bond motifs is 1. The van der Waals surface area contributed by atoms with Crippen LogP contribution < -0.4 is 0 Å². The molecule has 4 rings (SSSR count). The number of thiophene rings is 1. The van der Waals surface area contributed by atoms with Crippen molar-refractivity contribution in [3.05, 3.63) is 45.7 Å². The minimum atomic E-state index is 0.0788. The van der Waals surface area contributed by atoms with E-state index in [4.69, 9.17) is 4.42 Å². The summed E-state index contributed by atoms with van der Waals surface area (Å²) in [6.45, 7) is 5.93. The van der Waals surface area contributed by atoms with E-state index in [0.29, 0.717) is 24.7 Å². The monoisotopic (exact) mass is 342 g/mol. The molecule has 0 aliphatic carbocycles. The van der Waals surface area contributed by atoms with Crippen LogP contribution in [0.5, 0.6) is 0 Å². The van der Waals surface area contributed by atoms with Crippen LogP contribution in [0.3, 0.4) is 0 Å². The summed E-state index contributed by atoms with van der Waals surface area (Å²) in [6.07, 6.45) is 2.13. The number of hydrogen-bond donors (Lipinski definition) is 0. The predicted molar refractivity (Wildman–Crippen MR) is 90.6 cm³/mol. The number of aryl methyl sites for hydroxylation is 2. The summed E-state index contributed by atoms with van der Waals surface area (Å²) in [6, 6.07) is 1.97. The number of rotatable bonds is 3. The normalized spacial score (nSPS) is 14.0. The third kappa shape index (κ3) is 2.65. The molecule has 124 valence electrons. The highest BCUT2D eigenvalue weighted by atomic mass is 32.1. The van der Waals surface area contributed by atoms with Crippen LogP contribution in [0.25, 0.3) is 11.5 Å². The van der Waals surface area contributed by atoms with Gasteiger partial charge in [0, 0.05) is 17.5 Å². The second-order valence-corrected chi connectivity index (χ2v) is 6.80. The summed E-state index contributed by atoms with van der Waals surface area (Å²) in [5.41, 5.74) is 3.92. The van der Waals surface area contributed by atoms with Gasteiger partial charge in [0.2, 0.25) is 11.8 Å². The van der Waals surface area contributed by atoms with Gasteiger partial charge >= 0.3 is 0 Å². The predicted octanol–water partition coefficient (Wildman–Crippen LogP) is 2.80. The summed E-state index contributed by atoms with van der Waals surface area (Å²) < 4.78 is 7.70. The Morgan fingerprint density at radius 1 is 1.38 bits per heavy atom. The molecule has 6 nitrogen and oxygen atoms in total. The first-order chi connectivity index (χ1) is 11.6. The maximum absolute atomic E-state index is 12.7. The molecular weight excluding hydrogens is 324 g/mol. The van der Waals surface area contributed by atoms with Crippen LogP contribution in [0.1, 0.15) is 22.7 Å². The van der Waals surface area contributed by atoms with Crippen molar-refractivity contribution in [3.8, 4) is 11.5 Å². The minimum absolute atomic E-state index is 0.0788. The lowest BCUT2D eigenvalue weighted by molar-refractivity contribution is -0.132. The average molecular weight is 342 g/mol. The van der Waals surface area contributed by atoms with Crippen LogP contribution in [0.15, 0.2) is 27.4 Å². The Hall–Kier alpha value is -2.41. The van der Waals surface area contributed by atoms with E-state index in [1.165, 1.54) is 0 Å². The molecule has 0 fully saturated rings. The van der Waals surface area contributed by atoms with Gasteiger partial charge in [-0.05, 0) is 30.9 Å². The molecule has 0 saturated carbocycles. The molecule has 0 unspecified atom stereocenters. The molecule has 3 aromatic heterocycles. The lowest BCUT2D eigenvalue weighted by Gasteiger charge is -2.28. The van der Waals surface area contributed by atoms with Crippen molar-refractivity contribution in [3.63, 3.8) is 0 Å². The van der Waals surface area contributed by atoms with Crippen molar-refractivity contribution >= 4 is 17.2 Å². The summed E-state index contributed by atoms with van der Waals surface area (Å²) >= 11 is 1.60. The molecule has 1 aliphatic rings. The number of carbonyl (C=O) groups is 1. The SMILES string of the molecule is Cc1cnn2c1CN(C(=O)Cc1nc(-c3ccsc3)oc1C)CC2. The highest BCUT2D eigenvalue weighted by Gasteiger charge is 2.24. The van der Waals surface area contributed by atoms with Crippen LogP contribution in [0.4, 0.5) is 0 Å². The van der Waals surface area contributed by atoms with Crippen molar-refractivity contribution in [2.45, 2.75) is 33.4 Å². The van der Waals surface area contributed by atoms with Gasteiger partial charge in [0.1, 0.15) is 5.76 Å². The van der Waals surface area contributed by atoms with Crippen molar-refractivity contribution in [2.24, 2.45) is 0 Å². The van der Waals surface area contributed by atoms with Gasteiger partial charge in [-0.15, -0.1) is 0 Å². The molecule has 4 heterocycles. The first kappa shape index (κ1) is 15.1. The molecule has 0 bridgehead atoms. The largest absolute Gasteiger partial charge is 0.441 e. The van der Waals surface area contributed by atoms with Crippen molar-refractivity contribution < 1.29 is 9.21 Å². The van der Waals surface area contributed by atoms with E-state index in [0.717, 1.165) is 29.1 Å². The van der Waals surface area contributed by atoms with Crippen LogP contribution in [0.2, 0.25) is 0 Å². The second kappa shape index (κ2) is 5.90. The molecule has 24 heavy (non-hydrogen) atoms. The average Bonchev–Trinajstić information content (AvgIpc) is 3.29. The van der Waals surface area contributed by atoms with Gasteiger partial charge in [0.05, 0.1) is 37.1 Å². The van der Waals surface area contributed by atoms with E-state index in [2.05, 4.69) is 10.1 Å². The van der Waals surface area contributed by atoms with E-state index >= 15 is 0 Å². The number of amides is 1. The number of carbonyl (C=O) groups excluding carboxylic acids is 1. The maximum atomic E-state index is 12.7. The summed E-state index contributed by atoms with van der Waals surface area (Å²) in [5, 5.41) is 8.31. The Kier molecular flexibility index (Phi) is 3.72. The molecule has 0 aromatic carbocycles. The summed E-state index contributed by atoms with van der Waals surface area (Å²) in [5.74, 6) is 1.38. The third-order valence-electron chi connectivity index (χ3n) is 4.41. The van der Waals surface area contributed by atoms with Crippen molar-refractivity contribution in [1.82, 2.24) is 19.7 Å². The zero-order chi connectivity index (χ0) is 16.7. The van der Waals surface area contributed by atoms with Crippen molar-refractivity contribution in [2.75, 3.05) is 6.54 Å². The fourth-order valence-corrected chi connectivity index (χ4v) is 3.58. The summed E-state index contributed by atoms with van der Waals surface area (Å²) in [4.78, 5) is 19.1. The zero-order valence-corrected chi connectivity index (χ0v) is 14.5. The van der Waals surface area contributed by atoms with Gasteiger partial charge in [-0.25, -0.2) is 4.98 Å². The summed E-state index contributed by atoms with van der Waals surface area (Å²) in [7, 11) is 0. The van der Waals surface area contributed by atoms with Crippen LogP contribution in [-0.2, 0) is 24.3 Å². The minimum Gasteiger partial charge on any atom is -0.441 e.